The Kier molecular flexibility index (Phi) is 6.84. The van der Waals surface area contributed by atoms with Gasteiger partial charge in [0.05, 0.1) is 23.6 Å². The number of ether oxygens (including phenoxy) is 1. The van der Waals surface area contributed by atoms with Gasteiger partial charge in [-0.1, -0.05) is 35.5 Å². The maximum absolute atomic E-state index is 12.7. The second kappa shape index (κ2) is 10.1. The molecule has 2 aromatic carbocycles. The molecule has 0 aliphatic rings. The third-order valence-corrected chi connectivity index (χ3v) is 5.73. The summed E-state index contributed by atoms with van der Waals surface area (Å²) in [4.78, 5) is 18.0. The van der Waals surface area contributed by atoms with E-state index in [0.29, 0.717) is 30.9 Å². The topological polar surface area (TPSA) is 77.2 Å². The number of benzene rings is 2. The van der Waals surface area contributed by atoms with Gasteiger partial charge in [-0.3, -0.25) is 9.78 Å². The highest BCUT2D eigenvalue weighted by Gasteiger charge is 2.12. The Labute approximate surface area is 185 Å². The van der Waals surface area contributed by atoms with Crippen molar-refractivity contribution >= 4 is 28.6 Å². The Morgan fingerprint density at radius 2 is 2.00 bits per heavy atom. The standard InChI is InChI=1S/C24H23N3O3S/c1-17-15-19(30-27-17)16-31-22-11-3-2-9-20(22)24(28)26-13-6-14-29-21-10-4-7-18-8-5-12-25-23(18)21/h2-5,7-12,15H,6,13-14,16H2,1H3,(H,26,28). The molecule has 0 saturated heterocycles. The van der Waals surface area contributed by atoms with Crippen LogP contribution in [0.3, 0.4) is 0 Å². The van der Waals surface area contributed by atoms with Crippen LogP contribution in [0.15, 0.2) is 76.3 Å². The summed E-state index contributed by atoms with van der Waals surface area (Å²) in [6.45, 7) is 2.91. The van der Waals surface area contributed by atoms with Gasteiger partial charge in [0, 0.05) is 29.1 Å². The maximum atomic E-state index is 12.7. The fourth-order valence-electron chi connectivity index (χ4n) is 3.16. The number of hydrogen-bond acceptors (Lipinski definition) is 6. The molecule has 2 heterocycles. The molecule has 0 saturated carbocycles. The molecule has 0 radical (unpaired) electrons. The van der Waals surface area contributed by atoms with Crippen molar-refractivity contribution in [3.63, 3.8) is 0 Å². The number of hydrogen-bond donors (Lipinski definition) is 1. The quantitative estimate of drug-likeness (QED) is 0.295. The first-order valence-corrected chi connectivity index (χ1v) is 11.1. The van der Waals surface area contributed by atoms with Gasteiger partial charge in [-0.05, 0) is 37.6 Å². The van der Waals surface area contributed by atoms with E-state index in [0.717, 1.165) is 33.0 Å². The SMILES string of the molecule is Cc1cc(CSc2ccccc2C(=O)NCCCOc2cccc3cccnc23)on1. The van der Waals surface area contributed by atoms with Crippen molar-refractivity contribution in [3.05, 3.63) is 83.9 Å². The van der Waals surface area contributed by atoms with Crippen molar-refractivity contribution in [2.24, 2.45) is 0 Å². The van der Waals surface area contributed by atoms with Crippen molar-refractivity contribution < 1.29 is 14.1 Å². The molecule has 7 heteroatoms. The lowest BCUT2D eigenvalue weighted by Gasteiger charge is -2.11. The number of carbonyl (C=O) groups is 1. The zero-order valence-electron chi connectivity index (χ0n) is 17.2. The van der Waals surface area contributed by atoms with Crippen molar-refractivity contribution in [1.29, 1.82) is 0 Å². The van der Waals surface area contributed by atoms with Crippen LogP contribution in [0, 0.1) is 6.92 Å². The van der Waals surface area contributed by atoms with Crippen LogP contribution in [-0.4, -0.2) is 29.2 Å². The zero-order valence-corrected chi connectivity index (χ0v) is 18.0. The molecule has 1 N–H and O–H groups in total. The molecule has 0 fully saturated rings. The highest BCUT2D eigenvalue weighted by Crippen LogP contribution is 2.26. The molecule has 0 bridgehead atoms. The number of fused-ring (bicyclic) bond motifs is 1. The van der Waals surface area contributed by atoms with E-state index in [1.54, 1.807) is 18.0 Å². The second-order valence-electron chi connectivity index (χ2n) is 7.01. The predicted molar refractivity (Wildman–Crippen MR) is 121 cm³/mol. The van der Waals surface area contributed by atoms with Gasteiger partial charge >= 0.3 is 0 Å². The van der Waals surface area contributed by atoms with Crippen LogP contribution < -0.4 is 10.1 Å². The Bertz CT molecular complexity index is 1170. The number of nitrogens with one attached hydrogen (secondary N) is 1. The number of nitrogens with zero attached hydrogens (tertiary/aromatic N) is 2. The van der Waals surface area contributed by atoms with Gasteiger partial charge in [0.15, 0.2) is 0 Å². The molecule has 0 spiro atoms. The summed E-state index contributed by atoms with van der Waals surface area (Å²) in [5.41, 5.74) is 2.35. The number of aromatic nitrogens is 2. The number of para-hydroxylation sites is 1. The molecule has 1 amide bonds. The van der Waals surface area contributed by atoms with E-state index >= 15 is 0 Å². The van der Waals surface area contributed by atoms with Crippen LogP contribution >= 0.6 is 11.8 Å². The Balaban J connectivity index is 1.27. The van der Waals surface area contributed by atoms with E-state index in [1.807, 2.05) is 67.6 Å². The van der Waals surface area contributed by atoms with Crippen LogP contribution in [0.4, 0.5) is 0 Å². The monoisotopic (exact) mass is 433 g/mol. The average molecular weight is 434 g/mol. The molecule has 0 atom stereocenters. The van der Waals surface area contributed by atoms with E-state index in [9.17, 15) is 4.79 Å². The number of carbonyl (C=O) groups excluding carboxylic acids is 1. The van der Waals surface area contributed by atoms with Crippen molar-refractivity contribution in [2.75, 3.05) is 13.2 Å². The average Bonchev–Trinajstić information content (AvgIpc) is 3.22. The number of rotatable bonds is 9. The smallest absolute Gasteiger partial charge is 0.252 e. The van der Waals surface area contributed by atoms with Crippen LogP contribution in [0.2, 0.25) is 0 Å². The van der Waals surface area contributed by atoms with Gasteiger partial charge in [-0.25, -0.2) is 0 Å². The third-order valence-electron chi connectivity index (χ3n) is 4.64. The summed E-state index contributed by atoms with van der Waals surface area (Å²) < 4.78 is 11.1. The summed E-state index contributed by atoms with van der Waals surface area (Å²) in [5.74, 6) is 2.08. The molecule has 4 aromatic rings. The molecular weight excluding hydrogens is 410 g/mol. The van der Waals surface area contributed by atoms with Crippen molar-refractivity contribution in [3.8, 4) is 5.75 Å². The first-order valence-electron chi connectivity index (χ1n) is 10.1. The zero-order chi connectivity index (χ0) is 21.5. The van der Waals surface area contributed by atoms with Crippen molar-refractivity contribution in [2.45, 2.75) is 24.0 Å². The van der Waals surface area contributed by atoms with E-state index < -0.39 is 0 Å². The van der Waals surface area contributed by atoms with E-state index in [4.69, 9.17) is 9.26 Å². The highest BCUT2D eigenvalue weighted by atomic mass is 32.2. The van der Waals surface area contributed by atoms with Gasteiger partial charge < -0.3 is 14.6 Å². The van der Waals surface area contributed by atoms with Gasteiger partial charge in [0.25, 0.3) is 5.91 Å². The third kappa shape index (κ3) is 5.44. The molecule has 31 heavy (non-hydrogen) atoms. The van der Waals surface area contributed by atoms with Crippen LogP contribution in [0.25, 0.3) is 10.9 Å². The van der Waals surface area contributed by atoms with E-state index in [1.165, 1.54) is 0 Å². The lowest BCUT2D eigenvalue weighted by atomic mass is 10.2. The normalized spacial score (nSPS) is 10.9. The minimum absolute atomic E-state index is 0.0938. The molecule has 158 valence electrons. The van der Waals surface area contributed by atoms with Gasteiger partial charge in [-0.2, -0.15) is 0 Å². The lowest BCUT2D eigenvalue weighted by molar-refractivity contribution is 0.0948. The van der Waals surface area contributed by atoms with Gasteiger partial charge in [0.2, 0.25) is 0 Å². The molecule has 0 aliphatic carbocycles. The second-order valence-corrected chi connectivity index (χ2v) is 8.03. The Morgan fingerprint density at radius 3 is 2.87 bits per heavy atom. The fourth-order valence-corrected chi connectivity index (χ4v) is 4.08. The maximum Gasteiger partial charge on any atom is 0.252 e. The Hall–Kier alpha value is -3.32. The largest absolute Gasteiger partial charge is 0.491 e. The van der Waals surface area contributed by atoms with Gasteiger partial charge in [0.1, 0.15) is 17.0 Å². The summed E-state index contributed by atoms with van der Waals surface area (Å²) >= 11 is 1.56. The lowest BCUT2D eigenvalue weighted by Crippen LogP contribution is -2.26. The summed E-state index contributed by atoms with van der Waals surface area (Å²) in [6.07, 6.45) is 2.45. The number of aryl methyl sites for hydroxylation is 1. The van der Waals surface area contributed by atoms with Crippen LogP contribution in [0.5, 0.6) is 5.75 Å². The van der Waals surface area contributed by atoms with E-state index in [2.05, 4.69) is 15.5 Å². The first kappa shape index (κ1) is 20.9. The van der Waals surface area contributed by atoms with Crippen LogP contribution in [-0.2, 0) is 5.75 Å². The fraction of sp³-hybridized carbons (Fsp3) is 0.208. The molecular formula is C24H23N3O3S. The Morgan fingerprint density at radius 1 is 1.13 bits per heavy atom. The van der Waals surface area contributed by atoms with Gasteiger partial charge in [-0.15, -0.1) is 11.8 Å². The first-order chi connectivity index (χ1) is 15.2. The minimum atomic E-state index is -0.0938. The van der Waals surface area contributed by atoms with Crippen LogP contribution in [0.1, 0.15) is 28.2 Å². The summed E-state index contributed by atoms with van der Waals surface area (Å²) in [7, 11) is 0. The molecule has 0 aliphatic heterocycles. The molecule has 0 unspecified atom stereocenters. The van der Waals surface area contributed by atoms with E-state index in [-0.39, 0.29) is 5.91 Å². The number of amides is 1. The predicted octanol–water partition coefficient (Wildman–Crippen LogP) is 5.02. The summed E-state index contributed by atoms with van der Waals surface area (Å²) in [5, 5.41) is 7.93. The highest BCUT2D eigenvalue weighted by molar-refractivity contribution is 7.98. The number of pyridine rings is 1. The molecule has 2 aromatic heterocycles. The minimum Gasteiger partial charge on any atom is -0.491 e. The van der Waals surface area contributed by atoms with Crippen molar-refractivity contribution in [1.82, 2.24) is 15.5 Å². The molecule has 6 nitrogen and oxygen atoms in total. The summed E-state index contributed by atoms with van der Waals surface area (Å²) in [6, 6.07) is 19.3. The number of thioether (sulfide) groups is 1. The molecule has 4 rings (SSSR count).